The number of hydrogen-bond acceptors (Lipinski definition) is 8. The molecule has 0 amide bonds. The van der Waals surface area contributed by atoms with Crippen molar-refractivity contribution in [3.05, 3.63) is 102 Å². The fourth-order valence-electron chi connectivity index (χ4n) is 4.26. The number of aliphatic hydroxyl groups excluding tert-OH is 1. The smallest absolute Gasteiger partial charge is 0.261 e. The third-order valence-electron chi connectivity index (χ3n) is 6.39. The van der Waals surface area contributed by atoms with Crippen LogP contribution in [0.25, 0.3) is 0 Å². The number of nitrogens with zero attached hydrogens (tertiary/aromatic N) is 2. The highest BCUT2D eigenvalue weighted by Crippen LogP contribution is 2.43. The number of thioether (sulfide) groups is 1. The van der Waals surface area contributed by atoms with E-state index in [4.69, 9.17) is 9.47 Å². The average molecular weight is 553 g/mol. The summed E-state index contributed by atoms with van der Waals surface area (Å²) in [5.41, 5.74) is 3.03. The van der Waals surface area contributed by atoms with Gasteiger partial charge in [-0.25, -0.2) is 13.4 Å². The molecular weight excluding hydrogens is 524 g/mol. The summed E-state index contributed by atoms with van der Waals surface area (Å²) in [6, 6.07) is 22.9. The summed E-state index contributed by atoms with van der Waals surface area (Å²) >= 11 is 1.53. The van der Waals surface area contributed by atoms with Crippen molar-refractivity contribution in [2.24, 2.45) is 5.92 Å². The van der Waals surface area contributed by atoms with E-state index < -0.39 is 16.3 Å². The molecular formula is C27H28N4O5S2. The Bertz CT molecular complexity index is 1420. The largest absolute Gasteiger partial charge is 0.392 e. The Morgan fingerprint density at radius 3 is 2.34 bits per heavy atom. The van der Waals surface area contributed by atoms with Crippen molar-refractivity contribution in [1.82, 2.24) is 15.2 Å². The monoisotopic (exact) mass is 552 g/mol. The van der Waals surface area contributed by atoms with Crippen LogP contribution in [0.1, 0.15) is 36.0 Å². The van der Waals surface area contributed by atoms with Crippen molar-refractivity contribution in [3.8, 4) is 0 Å². The predicted molar refractivity (Wildman–Crippen MR) is 144 cm³/mol. The average Bonchev–Trinajstić information content (AvgIpc) is 3.47. The zero-order valence-electron chi connectivity index (χ0n) is 20.6. The molecule has 3 N–H and O–H groups in total. The number of benzene rings is 3. The minimum Gasteiger partial charge on any atom is -0.392 e. The SMILES string of the molecule is C[C@H]1[C@@H](CSc2ncn[nH]2)O[C@@H](c2ccc(NS(=O)(=O)c3ccccc3)cc2)O[C@H]1c1ccc(CO)cc1. The number of nitrogens with one attached hydrogen (secondary N) is 2. The Morgan fingerprint density at radius 2 is 1.68 bits per heavy atom. The van der Waals surface area contributed by atoms with Crippen LogP contribution in [0.15, 0.2) is 95.2 Å². The summed E-state index contributed by atoms with van der Waals surface area (Å²) in [4.78, 5) is 4.38. The number of aliphatic hydroxyl groups is 1. The van der Waals surface area contributed by atoms with E-state index in [0.717, 1.165) is 16.7 Å². The van der Waals surface area contributed by atoms with E-state index in [1.165, 1.54) is 18.1 Å². The van der Waals surface area contributed by atoms with E-state index in [0.29, 0.717) is 16.6 Å². The van der Waals surface area contributed by atoms with E-state index in [1.54, 1.807) is 54.6 Å². The predicted octanol–water partition coefficient (Wildman–Crippen LogP) is 4.68. The number of aromatic nitrogens is 3. The quantitative estimate of drug-likeness (QED) is 0.256. The zero-order valence-corrected chi connectivity index (χ0v) is 22.2. The Balaban J connectivity index is 1.36. The first-order valence-corrected chi connectivity index (χ1v) is 14.6. The maximum Gasteiger partial charge on any atom is 0.261 e. The van der Waals surface area contributed by atoms with E-state index in [1.807, 2.05) is 24.3 Å². The molecule has 0 saturated carbocycles. The van der Waals surface area contributed by atoms with Crippen LogP contribution >= 0.6 is 11.8 Å². The second kappa shape index (κ2) is 11.7. The fraction of sp³-hybridized carbons (Fsp3) is 0.259. The van der Waals surface area contributed by atoms with Crippen LogP contribution in [0.2, 0.25) is 0 Å². The molecule has 9 nitrogen and oxygen atoms in total. The van der Waals surface area contributed by atoms with Crippen LogP contribution in [0.3, 0.4) is 0 Å². The van der Waals surface area contributed by atoms with Crippen LogP contribution in [0.5, 0.6) is 0 Å². The van der Waals surface area contributed by atoms with Gasteiger partial charge < -0.3 is 14.6 Å². The number of sulfonamides is 1. The topological polar surface area (TPSA) is 126 Å². The van der Waals surface area contributed by atoms with Gasteiger partial charge in [-0.05, 0) is 35.4 Å². The molecule has 2 heterocycles. The van der Waals surface area contributed by atoms with Gasteiger partial charge in [0.15, 0.2) is 11.4 Å². The number of rotatable bonds is 9. The van der Waals surface area contributed by atoms with Crippen molar-refractivity contribution in [2.45, 2.75) is 42.1 Å². The molecule has 3 aromatic carbocycles. The Morgan fingerprint density at radius 1 is 0.974 bits per heavy atom. The molecule has 1 fully saturated rings. The summed E-state index contributed by atoms with van der Waals surface area (Å²) in [6.07, 6.45) is 0.396. The Labute approximate surface area is 225 Å². The maximum atomic E-state index is 12.7. The molecule has 11 heteroatoms. The normalized spacial score (nSPS) is 21.7. The molecule has 198 valence electrons. The van der Waals surface area contributed by atoms with Gasteiger partial charge in [0.1, 0.15) is 6.33 Å². The number of anilines is 1. The first kappa shape index (κ1) is 26.4. The van der Waals surface area contributed by atoms with Gasteiger partial charge in [0.2, 0.25) is 0 Å². The summed E-state index contributed by atoms with van der Waals surface area (Å²) in [5.74, 6) is 0.662. The lowest BCUT2D eigenvalue weighted by Crippen LogP contribution is -2.38. The molecule has 1 saturated heterocycles. The second-order valence-electron chi connectivity index (χ2n) is 8.96. The highest BCUT2D eigenvalue weighted by Gasteiger charge is 2.38. The molecule has 1 aromatic heterocycles. The standard InChI is InChI=1S/C27H28N4O5S2/c1-18-24(16-37-27-28-17-29-30-27)35-26(36-25(18)20-9-7-19(15-32)8-10-20)21-11-13-22(14-12-21)31-38(33,34)23-5-3-2-4-6-23/h2-14,17-18,24-26,31-32H,15-16H2,1H3,(H,28,29,30)/t18-,24+,25+,26+/m0/s1. The molecule has 1 aliphatic rings. The van der Waals surface area contributed by atoms with Gasteiger partial charge in [0.05, 0.1) is 23.7 Å². The lowest BCUT2D eigenvalue weighted by molar-refractivity contribution is -0.268. The number of H-pyrrole nitrogens is 1. The van der Waals surface area contributed by atoms with Crippen LogP contribution in [0.4, 0.5) is 5.69 Å². The van der Waals surface area contributed by atoms with Crippen molar-refractivity contribution < 1.29 is 23.0 Å². The minimum atomic E-state index is -3.69. The lowest BCUT2D eigenvalue weighted by Gasteiger charge is -2.41. The summed E-state index contributed by atoms with van der Waals surface area (Å²) < 4.78 is 40.9. The van der Waals surface area contributed by atoms with Crippen LogP contribution < -0.4 is 4.72 Å². The van der Waals surface area contributed by atoms with Gasteiger partial charge in [-0.3, -0.25) is 9.82 Å². The van der Waals surface area contributed by atoms with Gasteiger partial charge in [-0.1, -0.05) is 73.3 Å². The summed E-state index contributed by atoms with van der Waals surface area (Å²) in [5, 5.41) is 16.9. The highest BCUT2D eigenvalue weighted by molar-refractivity contribution is 7.99. The van der Waals surface area contributed by atoms with E-state index in [-0.39, 0.29) is 29.6 Å². The summed E-state index contributed by atoms with van der Waals surface area (Å²) in [7, 11) is -3.69. The van der Waals surface area contributed by atoms with Gasteiger partial charge >= 0.3 is 0 Å². The molecule has 4 aromatic rings. The second-order valence-corrected chi connectivity index (χ2v) is 11.7. The van der Waals surface area contributed by atoms with Gasteiger partial charge in [-0.15, -0.1) is 0 Å². The molecule has 0 aliphatic carbocycles. The van der Waals surface area contributed by atoms with E-state index >= 15 is 0 Å². The van der Waals surface area contributed by atoms with Crippen molar-refractivity contribution >= 4 is 27.5 Å². The van der Waals surface area contributed by atoms with Crippen LogP contribution in [-0.4, -0.2) is 40.6 Å². The molecule has 0 spiro atoms. The van der Waals surface area contributed by atoms with E-state index in [9.17, 15) is 13.5 Å². The van der Waals surface area contributed by atoms with Crippen molar-refractivity contribution in [1.29, 1.82) is 0 Å². The molecule has 0 unspecified atom stereocenters. The lowest BCUT2D eigenvalue weighted by atomic mass is 9.91. The highest BCUT2D eigenvalue weighted by atomic mass is 32.2. The van der Waals surface area contributed by atoms with Gasteiger partial charge in [0, 0.05) is 22.9 Å². The first-order valence-electron chi connectivity index (χ1n) is 12.1. The zero-order chi connectivity index (χ0) is 26.5. The molecule has 38 heavy (non-hydrogen) atoms. The molecule has 0 bridgehead atoms. The molecule has 0 radical (unpaired) electrons. The Hall–Kier alpha value is -3.22. The molecule has 4 atom stereocenters. The summed E-state index contributed by atoms with van der Waals surface area (Å²) in [6.45, 7) is 2.07. The third-order valence-corrected chi connectivity index (χ3v) is 8.75. The van der Waals surface area contributed by atoms with Gasteiger partial charge in [-0.2, -0.15) is 5.10 Å². The van der Waals surface area contributed by atoms with Gasteiger partial charge in [0.25, 0.3) is 10.0 Å². The number of aromatic amines is 1. The fourth-order valence-corrected chi connectivity index (χ4v) is 6.28. The third kappa shape index (κ3) is 6.08. The minimum absolute atomic E-state index is 0.0239. The first-order chi connectivity index (χ1) is 18.4. The maximum absolute atomic E-state index is 12.7. The number of ether oxygens (including phenoxy) is 2. The van der Waals surface area contributed by atoms with Crippen LogP contribution in [-0.2, 0) is 26.1 Å². The Kier molecular flexibility index (Phi) is 8.10. The van der Waals surface area contributed by atoms with Crippen molar-refractivity contribution in [2.75, 3.05) is 10.5 Å². The molecule has 5 rings (SSSR count). The van der Waals surface area contributed by atoms with Crippen LogP contribution in [0, 0.1) is 5.92 Å². The van der Waals surface area contributed by atoms with E-state index in [2.05, 4.69) is 26.8 Å². The number of hydrogen-bond donors (Lipinski definition) is 3. The van der Waals surface area contributed by atoms with Crippen molar-refractivity contribution in [3.63, 3.8) is 0 Å². The molecule has 1 aliphatic heterocycles.